The van der Waals surface area contributed by atoms with Gasteiger partial charge in [0.05, 0.1) is 29.2 Å². The zero-order valence-corrected chi connectivity index (χ0v) is 16.9. The van der Waals surface area contributed by atoms with E-state index >= 15 is 0 Å². The van der Waals surface area contributed by atoms with Crippen molar-refractivity contribution in [1.29, 1.82) is 0 Å². The van der Waals surface area contributed by atoms with Crippen LogP contribution in [0.3, 0.4) is 0 Å². The van der Waals surface area contributed by atoms with Crippen molar-refractivity contribution in [1.82, 2.24) is 0 Å². The number of ether oxygens (including phenoxy) is 4. The molecule has 2 aromatic carbocycles. The van der Waals surface area contributed by atoms with Gasteiger partial charge in [-0.25, -0.2) is 18.4 Å². The van der Waals surface area contributed by atoms with Crippen molar-refractivity contribution in [2.75, 3.05) is 26.9 Å². The van der Waals surface area contributed by atoms with Crippen LogP contribution in [0.1, 0.15) is 17.3 Å². The second-order valence-corrected chi connectivity index (χ2v) is 7.39. The summed E-state index contributed by atoms with van der Waals surface area (Å²) in [6.07, 6.45) is 0. The minimum absolute atomic E-state index is 0.0207. The number of halogens is 1. The first kappa shape index (κ1) is 21.8. The summed E-state index contributed by atoms with van der Waals surface area (Å²) in [5, 5.41) is 5.26. The number of rotatable bonds is 9. The molecule has 0 aliphatic heterocycles. The van der Waals surface area contributed by atoms with Crippen LogP contribution in [-0.4, -0.2) is 41.3 Å². The highest BCUT2D eigenvalue weighted by Gasteiger charge is 2.16. The van der Waals surface area contributed by atoms with Crippen LogP contribution in [0.25, 0.3) is 0 Å². The zero-order chi connectivity index (χ0) is 20.7. The van der Waals surface area contributed by atoms with Gasteiger partial charge in [0, 0.05) is 0 Å². The lowest BCUT2D eigenvalue weighted by Crippen LogP contribution is -2.13. The molecule has 0 saturated carbocycles. The van der Waals surface area contributed by atoms with Gasteiger partial charge in [0.2, 0.25) is 10.0 Å². The first-order valence-electron chi connectivity index (χ1n) is 8.19. The van der Waals surface area contributed by atoms with Gasteiger partial charge in [-0.05, 0) is 43.3 Å². The first-order valence-corrected chi connectivity index (χ1v) is 10.1. The van der Waals surface area contributed by atoms with Gasteiger partial charge in [-0.15, -0.1) is 0 Å². The molecule has 0 saturated heterocycles. The predicted octanol–water partition coefficient (Wildman–Crippen LogP) is 2.63. The van der Waals surface area contributed by atoms with Crippen molar-refractivity contribution < 1.29 is 32.2 Å². The van der Waals surface area contributed by atoms with Crippen LogP contribution in [0.5, 0.6) is 17.2 Å². The summed E-state index contributed by atoms with van der Waals surface area (Å²) in [4.78, 5) is 12.2. The van der Waals surface area contributed by atoms with Crippen molar-refractivity contribution in [2.45, 2.75) is 11.8 Å². The number of esters is 1. The summed E-state index contributed by atoms with van der Waals surface area (Å²) >= 11 is 6.13. The average molecular weight is 430 g/mol. The van der Waals surface area contributed by atoms with Gasteiger partial charge in [-0.1, -0.05) is 11.6 Å². The van der Waals surface area contributed by atoms with Gasteiger partial charge in [-0.2, -0.15) is 0 Å². The van der Waals surface area contributed by atoms with Gasteiger partial charge in [0.1, 0.15) is 19.0 Å². The molecule has 152 valence electrons. The number of benzene rings is 2. The summed E-state index contributed by atoms with van der Waals surface area (Å²) in [7, 11) is -2.31. The number of hydrogen-bond donors (Lipinski definition) is 1. The maximum atomic E-state index is 12.2. The topological polar surface area (TPSA) is 114 Å². The quantitative estimate of drug-likeness (QED) is 0.481. The molecule has 0 bridgehead atoms. The predicted molar refractivity (Wildman–Crippen MR) is 103 cm³/mol. The Labute approximate surface area is 168 Å². The highest BCUT2D eigenvalue weighted by molar-refractivity contribution is 7.89. The van der Waals surface area contributed by atoms with Crippen LogP contribution >= 0.6 is 11.6 Å². The second kappa shape index (κ2) is 9.63. The minimum Gasteiger partial charge on any atom is -0.493 e. The largest absolute Gasteiger partial charge is 0.493 e. The van der Waals surface area contributed by atoms with Crippen LogP contribution in [0.4, 0.5) is 0 Å². The highest BCUT2D eigenvalue weighted by atomic mass is 35.5. The molecule has 0 radical (unpaired) electrons. The number of carbonyl (C=O) groups excluding carboxylic acids is 1. The molecule has 0 atom stereocenters. The van der Waals surface area contributed by atoms with E-state index in [-0.39, 0.29) is 28.7 Å². The number of nitrogens with two attached hydrogens (primary N) is 1. The van der Waals surface area contributed by atoms with Crippen LogP contribution in [0.15, 0.2) is 41.3 Å². The van der Waals surface area contributed by atoms with E-state index in [1.54, 1.807) is 6.92 Å². The van der Waals surface area contributed by atoms with Gasteiger partial charge in [0.15, 0.2) is 11.5 Å². The third kappa shape index (κ3) is 5.75. The normalized spacial score (nSPS) is 11.0. The molecule has 0 unspecified atom stereocenters. The molecule has 0 amide bonds. The smallest absolute Gasteiger partial charge is 0.338 e. The molecule has 0 aliphatic carbocycles. The van der Waals surface area contributed by atoms with Gasteiger partial charge in [-0.3, -0.25) is 0 Å². The van der Waals surface area contributed by atoms with Crippen molar-refractivity contribution >= 4 is 27.6 Å². The van der Waals surface area contributed by atoms with Crippen LogP contribution < -0.4 is 19.3 Å². The fourth-order valence-corrected chi connectivity index (χ4v) is 3.01. The van der Waals surface area contributed by atoms with Crippen LogP contribution in [0.2, 0.25) is 5.02 Å². The minimum atomic E-state index is -3.76. The van der Waals surface area contributed by atoms with Crippen molar-refractivity contribution in [3.63, 3.8) is 0 Å². The SMILES string of the molecule is CCOc1c(Cl)cc(C(=O)OCCOc2ccc(S(N)(=O)=O)cc2)cc1OC. The molecule has 2 aromatic rings. The maximum Gasteiger partial charge on any atom is 0.338 e. The molecule has 0 aliphatic rings. The monoisotopic (exact) mass is 429 g/mol. The zero-order valence-electron chi connectivity index (χ0n) is 15.3. The Balaban J connectivity index is 1.91. The lowest BCUT2D eigenvalue weighted by Gasteiger charge is -2.13. The van der Waals surface area contributed by atoms with E-state index in [0.717, 1.165) is 0 Å². The second-order valence-electron chi connectivity index (χ2n) is 5.42. The van der Waals surface area contributed by atoms with E-state index in [4.69, 9.17) is 35.7 Å². The van der Waals surface area contributed by atoms with Crippen molar-refractivity contribution in [3.05, 3.63) is 47.0 Å². The van der Waals surface area contributed by atoms with Crippen LogP contribution in [0, 0.1) is 0 Å². The summed E-state index contributed by atoms with van der Waals surface area (Å²) in [5.74, 6) is 0.493. The van der Waals surface area contributed by atoms with E-state index in [1.807, 2.05) is 0 Å². The van der Waals surface area contributed by atoms with E-state index in [0.29, 0.717) is 23.9 Å². The van der Waals surface area contributed by atoms with E-state index in [1.165, 1.54) is 43.5 Å². The Morgan fingerprint density at radius 1 is 1.11 bits per heavy atom. The molecular formula is C18H20ClNO7S. The molecule has 10 heteroatoms. The standard InChI is InChI=1S/C18H20ClNO7S/c1-3-25-17-15(19)10-12(11-16(17)24-2)18(21)27-9-8-26-13-4-6-14(7-5-13)28(20,22)23/h4-7,10-11H,3,8-9H2,1-2H3,(H2,20,22,23). The Morgan fingerprint density at radius 2 is 1.79 bits per heavy atom. The molecule has 2 rings (SSSR count). The number of methoxy groups -OCH3 is 1. The summed E-state index contributed by atoms with van der Waals surface area (Å²) in [5.41, 5.74) is 0.211. The lowest BCUT2D eigenvalue weighted by molar-refractivity contribution is 0.0450. The Bertz CT molecular complexity index is 930. The molecule has 0 spiro atoms. The summed E-state index contributed by atoms with van der Waals surface area (Å²) in [6.45, 7) is 2.25. The number of carbonyl (C=O) groups is 1. The Kier molecular flexibility index (Phi) is 7.50. The van der Waals surface area contributed by atoms with Gasteiger partial charge < -0.3 is 18.9 Å². The number of primary sulfonamides is 1. The number of sulfonamides is 1. The Morgan fingerprint density at radius 3 is 2.36 bits per heavy atom. The molecule has 28 heavy (non-hydrogen) atoms. The third-order valence-electron chi connectivity index (χ3n) is 3.49. The number of hydrogen-bond acceptors (Lipinski definition) is 7. The Hall–Kier alpha value is -2.49. The molecule has 0 aromatic heterocycles. The van der Waals surface area contributed by atoms with E-state index in [9.17, 15) is 13.2 Å². The molecular weight excluding hydrogens is 410 g/mol. The molecule has 0 heterocycles. The molecule has 8 nitrogen and oxygen atoms in total. The first-order chi connectivity index (χ1) is 13.3. The van der Waals surface area contributed by atoms with Crippen molar-refractivity contribution in [3.8, 4) is 17.2 Å². The summed E-state index contributed by atoms with van der Waals surface area (Å²) in [6, 6.07) is 8.48. The van der Waals surface area contributed by atoms with Crippen molar-refractivity contribution in [2.24, 2.45) is 5.14 Å². The summed E-state index contributed by atoms with van der Waals surface area (Å²) < 4.78 is 43.5. The van der Waals surface area contributed by atoms with E-state index < -0.39 is 16.0 Å². The average Bonchev–Trinajstić information content (AvgIpc) is 2.66. The fourth-order valence-electron chi connectivity index (χ4n) is 2.22. The van der Waals surface area contributed by atoms with Gasteiger partial charge >= 0.3 is 5.97 Å². The molecule has 0 fully saturated rings. The van der Waals surface area contributed by atoms with Gasteiger partial charge in [0.25, 0.3) is 0 Å². The maximum absolute atomic E-state index is 12.2. The third-order valence-corrected chi connectivity index (χ3v) is 4.70. The van der Waals surface area contributed by atoms with E-state index in [2.05, 4.69) is 0 Å². The van der Waals surface area contributed by atoms with Crippen LogP contribution in [-0.2, 0) is 14.8 Å². The fraction of sp³-hybridized carbons (Fsp3) is 0.278. The lowest BCUT2D eigenvalue weighted by atomic mass is 10.2. The molecule has 2 N–H and O–H groups in total. The highest BCUT2D eigenvalue weighted by Crippen LogP contribution is 2.36.